The summed E-state index contributed by atoms with van der Waals surface area (Å²) >= 11 is 6.29. The van der Waals surface area contributed by atoms with Crippen LogP contribution in [0, 0.1) is 11.3 Å². The number of nitrogen functional groups attached to an aromatic ring is 3. The summed E-state index contributed by atoms with van der Waals surface area (Å²) in [6, 6.07) is 10.6. The molecule has 32 heavy (non-hydrogen) atoms. The van der Waals surface area contributed by atoms with Gasteiger partial charge in [0.2, 0.25) is 11.6 Å². The van der Waals surface area contributed by atoms with E-state index in [1.165, 1.54) is 9.13 Å². The van der Waals surface area contributed by atoms with Gasteiger partial charge in [0.15, 0.2) is 5.56 Å². The van der Waals surface area contributed by atoms with Crippen LogP contribution in [0.1, 0.15) is 17.8 Å². The molecule has 0 radical (unpaired) electrons. The molecule has 0 aliphatic carbocycles. The molecular weight excluding hydrogens is 430 g/mol. The second-order valence-electron chi connectivity index (χ2n) is 7.00. The molecule has 0 unspecified atom stereocenters. The number of fused-ring (bicyclic) bond motifs is 1. The van der Waals surface area contributed by atoms with E-state index >= 15 is 0 Å². The molecule has 3 heterocycles. The lowest BCUT2D eigenvalue weighted by Crippen LogP contribution is -2.42. The molecule has 0 fully saturated rings. The number of hydrogen-bond donors (Lipinski definition) is 3. The summed E-state index contributed by atoms with van der Waals surface area (Å²) in [5.41, 5.74) is 18.6. The van der Waals surface area contributed by atoms with Crippen molar-refractivity contribution >= 4 is 40.1 Å². The first-order valence-corrected chi connectivity index (χ1v) is 10.0. The Balaban J connectivity index is 1.75. The molecular formula is C21H19ClN9O+. The predicted molar refractivity (Wildman–Crippen MR) is 121 cm³/mol. The lowest BCUT2D eigenvalue weighted by molar-refractivity contribution is -0.671. The number of halogens is 1. The Morgan fingerprint density at radius 1 is 1.16 bits per heavy atom. The molecule has 4 aromatic rings. The van der Waals surface area contributed by atoms with Crippen molar-refractivity contribution in [2.24, 2.45) is 0 Å². The molecule has 3 aromatic heterocycles. The lowest BCUT2D eigenvalue weighted by atomic mass is 10.2. The van der Waals surface area contributed by atoms with Crippen LogP contribution in [0.4, 0.5) is 17.6 Å². The number of nitriles is 1. The average Bonchev–Trinajstić information content (AvgIpc) is 2.76. The maximum atomic E-state index is 13.3. The molecule has 0 atom stereocenters. The van der Waals surface area contributed by atoms with E-state index in [9.17, 15) is 10.1 Å². The fourth-order valence-corrected chi connectivity index (χ4v) is 3.78. The van der Waals surface area contributed by atoms with Gasteiger partial charge >= 0.3 is 5.95 Å². The minimum Gasteiger partial charge on any atom is -0.372 e. The van der Waals surface area contributed by atoms with Gasteiger partial charge in [0.05, 0.1) is 34.4 Å². The number of rotatable bonds is 5. The quantitative estimate of drug-likeness (QED) is 0.385. The molecule has 0 amide bonds. The van der Waals surface area contributed by atoms with E-state index in [1.807, 2.05) is 6.07 Å². The molecule has 1 aromatic carbocycles. The van der Waals surface area contributed by atoms with Gasteiger partial charge in [0.1, 0.15) is 11.9 Å². The van der Waals surface area contributed by atoms with Gasteiger partial charge in [-0.3, -0.25) is 14.3 Å². The predicted octanol–water partition coefficient (Wildman–Crippen LogP) is 1.37. The van der Waals surface area contributed by atoms with Gasteiger partial charge in [0.25, 0.3) is 5.56 Å². The Morgan fingerprint density at radius 3 is 2.69 bits per heavy atom. The van der Waals surface area contributed by atoms with E-state index < -0.39 is 0 Å². The van der Waals surface area contributed by atoms with Crippen LogP contribution >= 0.6 is 11.6 Å². The zero-order chi connectivity index (χ0) is 22.8. The maximum absolute atomic E-state index is 13.3. The first-order chi connectivity index (χ1) is 15.4. The standard InChI is InChI=1S/C21H18ClN9O/c22-14-5-1-6-15-17(14)20(32)31(12-4-2-8-27-11-12)16(28-15)7-3-9-30-19(25)13(10-23)18(24)29-21(30)26/h1-2,4-6,8,11H,3,7,9H2,(H5,24,25,26,29)/p+1. The Morgan fingerprint density at radius 2 is 1.97 bits per heavy atom. The largest absolute Gasteiger partial charge is 0.372 e. The third kappa shape index (κ3) is 3.66. The van der Waals surface area contributed by atoms with E-state index in [-0.39, 0.29) is 28.7 Å². The summed E-state index contributed by atoms with van der Waals surface area (Å²) < 4.78 is 3.01. The number of nitrogens with two attached hydrogens (primary N) is 3. The topological polar surface area (TPSA) is 166 Å². The number of benzene rings is 1. The van der Waals surface area contributed by atoms with E-state index in [4.69, 9.17) is 28.8 Å². The van der Waals surface area contributed by atoms with Crippen LogP contribution in [0.2, 0.25) is 5.02 Å². The highest BCUT2D eigenvalue weighted by atomic mass is 35.5. The lowest BCUT2D eigenvalue weighted by Gasteiger charge is -2.14. The van der Waals surface area contributed by atoms with Crippen molar-refractivity contribution in [3.8, 4) is 11.8 Å². The minimum absolute atomic E-state index is 0.0164. The SMILES string of the molecule is N#Cc1c(N)nc(N)[n+](CCCc2nc3cccc(Cl)c3c(=O)n2-c2cccnc2)c1N. The third-order valence-electron chi connectivity index (χ3n) is 5.03. The molecule has 0 aliphatic heterocycles. The average molecular weight is 449 g/mol. The number of aromatic nitrogens is 5. The molecule has 0 saturated carbocycles. The molecule has 4 rings (SSSR count). The van der Waals surface area contributed by atoms with Crippen LogP contribution in [0.5, 0.6) is 0 Å². The van der Waals surface area contributed by atoms with Crippen molar-refractivity contribution in [1.82, 2.24) is 19.5 Å². The summed E-state index contributed by atoms with van der Waals surface area (Å²) in [6.07, 6.45) is 4.13. The van der Waals surface area contributed by atoms with Crippen LogP contribution < -0.4 is 27.3 Å². The number of aryl methyl sites for hydroxylation is 1. The van der Waals surface area contributed by atoms with E-state index in [2.05, 4.69) is 15.0 Å². The van der Waals surface area contributed by atoms with Gasteiger partial charge in [-0.25, -0.2) is 9.55 Å². The van der Waals surface area contributed by atoms with Crippen LogP contribution in [0.15, 0.2) is 47.5 Å². The molecule has 0 saturated heterocycles. The molecule has 160 valence electrons. The Kier molecular flexibility index (Phi) is 5.57. The Hall–Kier alpha value is -4.23. The normalized spacial score (nSPS) is 10.9. The Bertz CT molecular complexity index is 1430. The van der Waals surface area contributed by atoms with Crippen molar-refractivity contribution in [3.63, 3.8) is 0 Å². The smallest absolute Gasteiger partial charge is 0.347 e. The van der Waals surface area contributed by atoms with Crippen molar-refractivity contribution in [2.45, 2.75) is 19.4 Å². The zero-order valence-electron chi connectivity index (χ0n) is 16.9. The molecule has 11 heteroatoms. The fraction of sp³-hybridized carbons (Fsp3) is 0.143. The van der Waals surface area contributed by atoms with Gasteiger partial charge in [-0.15, -0.1) is 0 Å². The second-order valence-corrected chi connectivity index (χ2v) is 7.40. The van der Waals surface area contributed by atoms with Crippen molar-refractivity contribution in [1.29, 1.82) is 5.26 Å². The van der Waals surface area contributed by atoms with Crippen LogP contribution in [0.3, 0.4) is 0 Å². The van der Waals surface area contributed by atoms with Crippen LogP contribution in [-0.2, 0) is 13.0 Å². The maximum Gasteiger partial charge on any atom is 0.347 e. The number of pyridine rings is 1. The van der Waals surface area contributed by atoms with Gasteiger partial charge in [-0.05, 0) is 30.7 Å². The van der Waals surface area contributed by atoms with Gasteiger partial charge in [-0.2, -0.15) is 5.26 Å². The van der Waals surface area contributed by atoms with Crippen molar-refractivity contribution < 1.29 is 4.57 Å². The van der Waals surface area contributed by atoms with Gasteiger partial charge in [-0.1, -0.05) is 22.7 Å². The highest BCUT2D eigenvalue weighted by molar-refractivity contribution is 6.35. The monoisotopic (exact) mass is 448 g/mol. The summed E-state index contributed by atoms with van der Waals surface area (Å²) in [7, 11) is 0. The number of nitrogens with zero attached hydrogens (tertiary/aromatic N) is 6. The minimum atomic E-state index is -0.281. The van der Waals surface area contributed by atoms with Crippen molar-refractivity contribution in [3.05, 3.63) is 69.5 Å². The first kappa shape index (κ1) is 21.0. The second kappa shape index (κ2) is 8.49. The van der Waals surface area contributed by atoms with E-state index in [0.717, 1.165) is 0 Å². The first-order valence-electron chi connectivity index (χ1n) is 9.67. The molecule has 0 spiro atoms. The molecule has 0 bridgehead atoms. The van der Waals surface area contributed by atoms with Gasteiger partial charge in [0, 0.05) is 12.6 Å². The third-order valence-corrected chi connectivity index (χ3v) is 5.34. The zero-order valence-corrected chi connectivity index (χ0v) is 17.6. The molecule has 0 aliphatic rings. The molecule has 6 N–H and O–H groups in total. The highest BCUT2D eigenvalue weighted by Gasteiger charge is 2.20. The van der Waals surface area contributed by atoms with Crippen molar-refractivity contribution in [2.75, 3.05) is 17.2 Å². The van der Waals surface area contributed by atoms with Crippen LogP contribution in [0.25, 0.3) is 16.6 Å². The van der Waals surface area contributed by atoms with Gasteiger partial charge < -0.3 is 17.2 Å². The summed E-state index contributed by atoms with van der Waals surface area (Å²) in [5.74, 6) is 0.749. The molecule has 10 nitrogen and oxygen atoms in total. The van der Waals surface area contributed by atoms with E-state index in [0.29, 0.717) is 46.8 Å². The number of hydrogen-bond acceptors (Lipinski definition) is 8. The summed E-state index contributed by atoms with van der Waals surface area (Å²) in [6.45, 7) is 0.343. The number of anilines is 3. The summed E-state index contributed by atoms with van der Waals surface area (Å²) in [5, 5.41) is 9.93. The highest BCUT2D eigenvalue weighted by Crippen LogP contribution is 2.21. The fourth-order valence-electron chi connectivity index (χ4n) is 3.53. The van der Waals surface area contributed by atoms with Crippen LogP contribution in [-0.4, -0.2) is 19.5 Å². The summed E-state index contributed by atoms with van der Waals surface area (Å²) in [4.78, 5) is 26.1. The Labute approximate surface area is 187 Å². The van der Waals surface area contributed by atoms with E-state index in [1.54, 1.807) is 42.7 Å².